The zero-order valence-electron chi connectivity index (χ0n) is 14.5. The Morgan fingerprint density at radius 1 is 1.04 bits per heavy atom. The van der Waals surface area contributed by atoms with Crippen molar-refractivity contribution < 1.29 is 9.84 Å². The average Bonchev–Trinajstić information content (AvgIpc) is 2.63. The summed E-state index contributed by atoms with van der Waals surface area (Å²) in [5.74, 6) is 0.788. The molecule has 0 saturated carbocycles. The monoisotopic (exact) mass is 326 g/mol. The number of aliphatic hydroxyl groups excluding tert-OH is 1. The Morgan fingerprint density at radius 2 is 1.79 bits per heavy atom. The lowest BCUT2D eigenvalue weighted by Gasteiger charge is -2.37. The van der Waals surface area contributed by atoms with E-state index >= 15 is 0 Å². The van der Waals surface area contributed by atoms with Crippen molar-refractivity contribution in [1.82, 2.24) is 4.90 Å². The Morgan fingerprint density at radius 3 is 2.50 bits per heavy atom. The molecular weight excluding hydrogens is 300 g/mol. The van der Waals surface area contributed by atoms with Crippen LogP contribution in [0.2, 0.25) is 0 Å². The minimum Gasteiger partial charge on any atom is -0.497 e. The van der Waals surface area contributed by atoms with Crippen molar-refractivity contribution in [3.63, 3.8) is 0 Å². The fourth-order valence-corrected chi connectivity index (χ4v) is 3.29. The molecule has 4 heteroatoms. The van der Waals surface area contributed by atoms with Gasteiger partial charge in [-0.3, -0.25) is 4.90 Å². The van der Waals surface area contributed by atoms with Crippen molar-refractivity contribution in [2.24, 2.45) is 0 Å². The van der Waals surface area contributed by atoms with Gasteiger partial charge in [0.1, 0.15) is 5.75 Å². The van der Waals surface area contributed by atoms with Crippen molar-refractivity contribution in [1.29, 1.82) is 0 Å². The van der Waals surface area contributed by atoms with E-state index in [1.54, 1.807) is 7.11 Å². The third-order valence-corrected chi connectivity index (χ3v) is 4.74. The first-order valence-corrected chi connectivity index (χ1v) is 8.52. The third kappa shape index (κ3) is 3.89. The predicted octanol–water partition coefficient (Wildman–Crippen LogP) is 2.86. The molecule has 0 spiro atoms. The topological polar surface area (TPSA) is 35.9 Å². The Balaban J connectivity index is 1.56. The van der Waals surface area contributed by atoms with E-state index in [4.69, 9.17) is 4.74 Å². The highest BCUT2D eigenvalue weighted by Crippen LogP contribution is 2.23. The number of ether oxygens (including phenoxy) is 1. The maximum absolute atomic E-state index is 10.5. The van der Waals surface area contributed by atoms with E-state index in [9.17, 15) is 5.11 Å². The molecule has 128 valence electrons. The first kappa shape index (κ1) is 16.8. The zero-order valence-corrected chi connectivity index (χ0v) is 14.5. The van der Waals surface area contributed by atoms with Gasteiger partial charge in [-0.05, 0) is 36.2 Å². The van der Waals surface area contributed by atoms with Gasteiger partial charge in [0, 0.05) is 38.4 Å². The first-order valence-electron chi connectivity index (χ1n) is 8.52. The van der Waals surface area contributed by atoms with Gasteiger partial charge in [-0.15, -0.1) is 0 Å². The summed E-state index contributed by atoms with van der Waals surface area (Å²) in [6.45, 7) is 6.75. The van der Waals surface area contributed by atoms with Crippen LogP contribution < -0.4 is 9.64 Å². The molecule has 0 aromatic heterocycles. The van der Waals surface area contributed by atoms with Gasteiger partial charge in [-0.2, -0.15) is 0 Å². The number of hydrogen-bond donors (Lipinski definition) is 1. The second kappa shape index (κ2) is 7.69. The van der Waals surface area contributed by atoms with Crippen LogP contribution in [0.15, 0.2) is 48.5 Å². The molecular formula is C20H26N2O2. The summed E-state index contributed by atoms with van der Waals surface area (Å²) < 4.78 is 5.24. The van der Waals surface area contributed by atoms with Gasteiger partial charge in [0.25, 0.3) is 0 Å². The molecule has 1 fully saturated rings. The van der Waals surface area contributed by atoms with Gasteiger partial charge in [0.05, 0.1) is 13.2 Å². The molecule has 2 aromatic rings. The summed E-state index contributed by atoms with van der Waals surface area (Å²) in [6, 6.07) is 16.2. The third-order valence-electron chi connectivity index (χ3n) is 4.74. The van der Waals surface area contributed by atoms with Gasteiger partial charge >= 0.3 is 0 Å². The predicted molar refractivity (Wildman–Crippen MR) is 97.8 cm³/mol. The van der Waals surface area contributed by atoms with Crippen molar-refractivity contribution in [3.05, 3.63) is 59.7 Å². The molecule has 1 unspecified atom stereocenters. The molecule has 1 aliphatic rings. The number of nitrogens with zero attached hydrogens (tertiary/aromatic N) is 2. The summed E-state index contributed by atoms with van der Waals surface area (Å²) in [4.78, 5) is 4.77. The molecule has 0 radical (unpaired) electrons. The zero-order chi connectivity index (χ0) is 16.9. The van der Waals surface area contributed by atoms with Gasteiger partial charge < -0.3 is 14.7 Å². The maximum Gasteiger partial charge on any atom is 0.119 e. The highest BCUT2D eigenvalue weighted by atomic mass is 16.5. The number of hydrogen-bond acceptors (Lipinski definition) is 4. The minimum atomic E-state index is -0.481. The largest absolute Gasteiger partial charge is 0.497 e. The standard InChI is InChI=1S/C20H26N2O2/c1-16-6-3-4-9-19(16)22-12-10-21(11-13-22)15-20(23)17-7-5-8-18(14-17)24-2/h3-9,14,20,23H,10-13,15H2,1-2H3. The SMILES string of the molecule is COc1cccc(C(O)CN2CCN(c3ccccc3C)CC2)c1. The summed E-state index contributed by atoms with van der Waals surface area (Å²) >= 11 is 0. The van der Waals surface area contributed by atoms with Crippen LogP contribution in [0.5, 0.6) is 5.75 Å². The molecule has 1 heterocycles. The lowest BCUT2D eigenvalue weighted by Crippen LogP contribution is -2.47. The van der Waals surface area contributed by atoms with Crippen LogP contribution in [-0.4, -0.2) is 49.8 Å². The second-order valence-electron chi connectivity index (χ2n) is 6.37. The Labute approximate surface area is 144 Å². The molecule has 1 saturated heterocycles. The van der Waals surface area contributed by atoms with Gasteiger partial charge in [0.15, 0.2) is 0 Å². The molecule has 1 aliphatic heterocycles. The van der Waals surface area contributed by atoms with Crippen molar-refractivity contribution >= 4 is 5.69 Å². The van der Waals surface area contributed by atoms with Crippen LogP contribution in [0.3, 0.4) is 0 Å². The smallest absolute Gasteiger partial charge is 0.119 e. The second-order valence-corrected chi connectivity index (χ2v) is 6.37. The van der Waals surface area contributed by atoms with E-state index < -0.39 is 6.10 Å². The van der Waals surface area contributed by atoms with Gasteiger partial charge in [-0.1, -0.05) is 30.3 Å². The molecule has 3 rings (SSSR count). The molecule has 24 heavy (non-hydrogen) atoms. The Hall–Kier alpha value is -2.04. The molecule has 0 amide bonds. The Bertz CT molecular complexity index is 666. The van der Waals surface area contributed by atoms with E-state index in [0.29, 0.717) is 6.54 Å². The van der Waals surface area contributed by atoms with Gasteiger partial charge in [0.2, 0.25) is 0 Å². The molecule has 0 bridgehead atoms. The van der Waals surface area contributed by atoms with Crippen LogP contribution >= 0.6 is 0 Å². The quantitative estimate of drug-likeness (QED) is 0.916. The molecule has 4 nitrogen and oxygen atoms in total. The molecule has 1 atom stereocenters. The number of para-hydroxylation sites is 1. The summed E-state index contributed by atoms with van der Waals surface area (Å²) in [7, 11) is 1.65. The maximum atomic E-state index is 10.5. The van der Waals surface area contributed by atoms with E-state index in [-0.39, 0.29) is 0 Å². The first-order chi connectivity index (χ1) is 11.7. The number of aliphatic hydroxyl groups is 1. The van der Waals surface area contributed by atoms with E-state index in [1.807, 2.05) is 24.3 Å². The number of anilines is 1. The van der Waals surface area contributed by atoms with Gasteiger partial charge in [-0.25, -0.2) is 0 Å². The molecule has 0 aliphatic carbocycles. The van der Waals surface area contributed by atoms with Crippen LogP contribution in [0, 0.1) is 6.92 Å². The van der Waals surface area contributed by atoms with Crippen molar-refractivity contribution in [3.8, 4) is 5.75 Å². The summed E-state index contributed by atoms with van der Waals surface area (Å²) in [5, 5.41) is 10.5. The van der Waals surface area contributed by atoms with Crippen LogP contribution in [-0.2, 0) is 0 Å². The van der Waals surface area contributed by atoms with Crippen molar-refractivity contribution in [2.75, 3.05) is 44.7 Å². The normalized spacial score (nSPS) is 16.9. The van der Waals surface area contributed by atoms with Crippen LogP contribution in [0.25, 0.3) is 0 Å². The highest BCUT2D eigenvalue weighted by Gasteiger charge is 2.21. The van der Waals surface area contributed by atoms with E-state index in [0.717, 1.165) is 37.5 Å². The number of β-amino-alcohol motifs (C(OH)–C–C–N with tert-alkyl or cyclic N) is 1. The molecule has 2 aromatic carbocycles. The lowest BCUT2D eigenvalue weighted by atomic mass is 10.1. The van der Waals surface area contributed by atoms with E-state index in [2.05, 4.69) is 41.0 Å². The average molecular weight is 326 g/mol. The summed E-state index contributed by atoms with van der Waals surface area (Å²) in [5.41, 5.74) is 3.56. The Kier molecular flexibility index (Phi) is 5.38. The van der Waals surface area contributed by atoms with E-state index in [1.165, 1.54) is 11.3 Å². The number of aryl methyl sites for hydroxylation is 1. The minimum absolute atomic E-state index is 0.481. The number of piperazine rings is 1. The summed E-state index contributed by atoms with van der Waals surface area (Å²) in [6.07, 6.45) is -0.481. The number of benzene rings is 2. The number of methoxy groups -OCH3 is 1. The highest BCUT2D eigenvalue weighted by molar-refractivity contribution is 5.53. The van der Waals surface area contributed by atoms with Crippen LogP contribution in [0.4, 0.5) is 5.69 Å². The lowest BCUT2D eigenvalue weighted by molar-refractivity contribution is 0.109. The van der Waals surface area contributed by atoms with Crippen molar-refractivity contribution in [2.45, 2.75) is 13.0 Å². The fourth-order valence-electron chi connectivity index (χ4n) is 3.29. The van der Waals surface area contributed by atoms with Crippen LogP contribution in [0.1, 0.15) is 17.2 Å². The fraction of sp³-hybridized carbons (Fsp3) is 0.400. The number of rotatable bonds is 5. The molecule has 1 N–H and O–H groups in total.